The van der Waals surface area contributed by atoms with Crippen molar-refractivity contribution in [3.8, 4) is 0 Å². The zero-order valence-electron chi connectivity index (χ0n) is 9.02. The average molecular weight is 254 g/mol. The molecule has 1 aromatic heterocycles. The molecule has 2 aromatic rings. The van der Waals surface area contributed by atoms with E-state index in [1.165, 1.54) is 10.7 Å². The topological polar surface area (TPSA) is 47.8 Å². The van der Waals surface area contributed by atoms with E-state index < -0.39 is 5.24 Å². The lowest BCUT2D eigenvalue weighted by molar-refractivity contribution is 0.107. The van der Waals surface area contributed by atoms with Crippen LogP contribution in [-0.2, 0) is 6.54 Å². The molecule has 0 bridgehead atoms. The van der Waals surface area contributed by atoms with E-state index >= 15 is 0 Å². The van der Waals surface area contributed by atoms with E-state index in [4.69, 9.17) is 11.6 Å². The Kier molecular flexibility index (Phi) is 3.19. The zero-order valence-corrected chi connectivity index (χ0v) is 9.78. The number of benzene rings is 1. The van der Waals surface area contributed by atoms with Crippen molar-refractivity contribution < 1.29 is 9.18 Å². The van der Waals surface area contributed by atoms with E-state index in [0.29, 0.717) is 11.3 Å². The van der Waals surface area contributed by atoms with Crippen LogP contribution in [0.2, 0.25) is 0 Å². The number of hydrogen-bond acceptors (Lipinski definition) is 3. The first kappa shape index (κ1) is 11.7. The van der Waals surface area contributed by atoms with Crippen LogP contribution in [0.3, 0.4) is 0 Å². The molecule has 4 nitrogen and oxygen atoms in total. The van der Waals surface area contributed by atoms with Crippen molar-refractivity contribution in [3.05, 3.63) is 47.0 Å². The molecule has 0 aliphatic carbocycles. The second-order valence-corrected chi connectivity index (χ2v) is 3.89. The number of rotatable bonds is 3. The fourth-order valence-corrected chi connectivity index (χ4v) is 1.65. The number of carbonyl (C=O) groups is 1. The first-order valence-corrected chi connectivity index (χ1v) is 5.30. The fraction of sp³-hybridized carbons (Fsp3) is 0.182. The van der Waals surface area contributed by atoms with E-state index in [1.807, 2.05) is 0 Å². The highest BCUT2D eigenvalue weighted by atomic mass is 35.5. The van der Waals surface area contributed by atoms with Crippen LogP contribution in [0.25, 0.3) is 0 Å². The highest BCUT2D eigenvalue weighted by Crippen LogP contribution is 2.12. The Morgan fingerprint density at radius 2 is 2.18 bits per heavy atom. The van der Waals surface area contributed by atoms with Gasteiger partial charge in [-0.2, -0.15) is 0 Å². The number of aromatic nitrogens is 3. The molecule has 2 rings (SSSR count). The van der Waals surface area contributed by atoms with Gasteiger partial charge in [-0.1, -0.05) is 23.4 Å². The molecule has 1 heterocycles. The molecule has 1 aromatic carbocycles. The van der Waals surface area contributed by atoms with Crippen LogP contribution in [0.15, 0.2) is 24.3 Å². The highest BCUT2D eigenvalue weighted by Gasteiger charge is 2.14. The van der Waals surface area contributed by atoms with Crippen LogP contribution in [-0.4, -0.2) is 20.2 Å². The first-order valence-electron chi connectivity index (χ1n) is 4.93. The average Bonchev–Trinajstić information content (AvgIpc) is 2.64. The Hall–Kier alpha value is -1.75. The van der Waals surface area contributed by atoms with Gasteiger partial charge in [-0.05, 0) is 24.6 Å². The van der Waals surface area contributed by atoms with Gasteiger partial charge >= 0.3 is 0 Å². The molecule has 0 unspecified atom stereocenters. The Balaban J connectivity index is 2.31. The molecule has 0 radical (unpaired) electrons. The fourth-order valence-electron chi connectivity index (χ4n) is 1.48. The minimum absolute atomic E-state index is 0.100. The third-order valence-electron chi connectivity index (χ3n) is 2.45. The van der Waals surface area contributed by atoms with Crippen molar-refractivity contribution in [2.45, 2.75) is 13.5 Å². The Labute approximate surface area is 102 Å². The quantitative estimate of drug-likeness (QED) is 0.788. The molecule has 88 valence electrons. The number of halogens is 2. The number of carbonyl (C=O) groups excluding carboxylic acids is 1. The van der Waals surface area contributed by atoms with Gasteiger partial charge in [-0.3, -0.25) is 4.79 Å². The molecule has 0 atom stereocenters. The number of nitrogens with zero attached hydrogens (tertiary/aromatic N) is 3. The summed E-state index contributed by atoms with van der Waals surface area (Å²) in [6.07, 6.45) is 0. The Morgan fingerprint density at radius 3 is 2.76 bits per heavy atom. The maximum absolute atomic E-state index is 13.4. The van der Waals surface area contributed by atoms with E-state index in [0.717, 1.165) is 0 Å². The monoisotopic (exact) mass is 253 g/mol. The second-order valence-electron chi connectivity index (χ2n) is 3.55. The first-order chi connectivity index (χ1) is 8.09. The standard InChI is InChI=1S/C11H9ClFN3O/c1-7-10(11(12)17)14-15-16(7)6-8-4-2-3-5-9(8)13/h2-5H,6H2,1H3. The lowest BCUT2D eigenvalue weighted by Gasteiger charge is -2.04. The summed E-state index contributed by atoms with van der Waals surface area (Å²) in [4.78, 5) is 11.0. The second kappa shape index (κ2) is 4.63. The molecular formula is C11H9ClFN3O. The third kappa shape index (κ3) is 2.34. The maximum Gasteiger partial charge on any atom is 0.274 e. The van der Waals surface area contributed by atoms with Crippen LogP contribution in [0.4, 0.5) is 4.39 Å². The largest absolute Gasteiger partial charge is 0.274 e. The predicted octanol–water partition coefficient (Wildman–Crippen LogP) is 2.15. The van der Waals surface area contributed by atoms with Crippen LogP contribution >= 0.6 is 11.6 Å². The van der Waals surface area contributed by atoms with Crippen LogP contribution < -0.4 is 0 Å². The molecule has 0 spiro atoms. The lowest BCUT2D eigenvalue weighted by Crippen LogP contribution is -2.06. The molecule has 0 aliphatic rings. The Morgan fingerprint density at radius 1 is 1.47 bits per heavy atom. The molecule has 0 fully saturated rings. The van der Waals surface area contributed by atoms with Gasteiger partial charge in [0.2, 0.25) is 0 Å². The van der Waals surface area contributed by atoms with Crippen molar-refractivity contribution in [1.29, 1.82) is 0 Å². The van der Waals surface area contributed by atoms with E-state index in [9.17, 15) is 9.18 Å². The molecule has 0 saturated heterocycles. The summed E-state index contributed by atoms with van der Waals surface area (Å²) in [5, 5.41) is 6.75. The molecule has 17 heavy (non-hydrogen) atoms. The molecule has 0 saturated carbocycles. The summed E-state index contributed by atoms with van der Waals surface area (Å²) in [5.74, 6) is -0.318. The van der Waals surface area contributed by atoms with Crippen molar-refractivity contribution in [3.63, 3.8) is 0 Å². The van der Waals surface area contributed by atoms with Crippen LogP contribution in [0.1, 0.15) is 21.7 Å². The number of hydrogen-bond donors (Lipinski definition) is 0. The van der Waals surface area contributed by atoms with Gasteiger partial charge in [0.25, 0.3) is 5.24 Å². The highest BCUT2D eigenvalue weighted by molar-refractivity contribution is 6.67. The molecule has 0 amide bonds. The summed E-state index contributed by atoms with van der Waals surface area (Å²) < 4.78 is 14.9. The van der Waals surface area contributed by atoms with Crippen molar-refractivity contribution in [2.24, 2.45) is 0 Å². The van der Waals surface area contributed by atoms with E-state index in [-0.39, 0.29) is 18.1 Å². The van der Waals surface area contributed by atoms with Gasteiger partial charge in [0.15, 0.2) is 5.69 Å². The van der Waals surface area contributed by atoms with Crippen LogP contribution in [0, 0.1) is 12.7 Å². The SMILES string of the molecule is Cc1c(C(=O)Cl)nnn1Cc1ccccc1F. The maximum atomic E-state index is 13.4. The summed E-state index contributed by atoms with van der Waals surface area (Å²) in [6.45, 7) is 1.88. The molecular weight excluding hydrogens is 245 g/mol. The minimum atomic E-state index is -0.665. The zero-order chi connectivity index (χ0) is 12.4. The smallest absolute Gasteiger partial charge is 0.274 e. The van der Waals surface area contributed by atoms with E-state index in [1.54, 1.807) is 25.1 Å². The summed E-state index contributed by atoms with van der Waals surface area (Å²) >= 11 is 5.33. The van der Waals surface area contributed by atoms with Gasteiger partial charge in [0, 0.05) is 5.56 Å². The van der Waals surface area contributed by atoms with Crippen molar-refractivity contribution in [2.75, 3.05) is 0 Å². The minimum Gasteiger partial charge on any atom is -0.274 e. The van der Waals surface area contributed by atoms with Gasteiger partial charge in [0.1, 0.15) is 5.82 Å². The van der Waals surface area contributed by atoms with Crippen molar-refractivity contribution >= 4 is 16.8 Å². The van der Waals surface area contributed by atoms with Crippen molar-refractivity contribution in [1.82, 2.24) is 15.0 Å². The molecule has 0 aliphatic heterocycles. The third-order valence-corrected chi connectivity index (χ3v) is 2.63. The Bertz CT molecular complexity index is 568. The van der Waals surface area contributed by atoms with Gasteiger partial charge in [-0.25, -0.2) is 9.07 Å². The summed E-state index contributed by atoms with van der Waals surface area (Å²) in [7, 11) is 0. The molecule has 0 N–H and O–H groups in total. The van der Waals surface area contributed by atoms with Gasteiger partial charge in [-0.15, -0.1) is 5.10 Å². The molecule has 6 heteroatoms. The lowest BCUT2D eigenvalue weighted by atomic mass is 10.2. The predicted molar refractivity (Wildman–Crippen MR) is 60.4 cm³/mol. The van der Waals surface area contributed by atoms with Gasteiger partial charge in [0.05, 0.1) is 12.2 Å². The van der Waals surface area contributed by atoms with Gasteiger partial charge < -0.3 is 0 Å². The summed E-state index contributed by atoms with van der Waals surface area (Å²) in [6, 6.07) is 6.37. The van der Waals surface area contributed by atoms with E-state index in [2.05, 4.69) is 10.3 Å². The summed E-state index contributed by atoms with van der Waals surface area (Å²) in [5.41, 5.74) is 1.10. The normalized spacial score (nSPS) is 10.5. The van der Waals surface area contributed by atoms with Crippen LogP contribution in [0.5, 0.6) is 0 Å².